The van der Waals surface area contributed by atoms with Gasteiger partial charge in [0.25, 0.3) is 0 Å². The second kappa shape index (κ2) is 11.9. The number of fused-ring (bicyclic) bond motifs is 1. The molecule has 4 rings (SSSR count). The summed E-state index contributed by atoms with van der Waals surface area (Å²) in [5, 5.41) is 4.37. The van der Waals surface area contributed by atoms with E-state index in [4.69, 9.17) is 14.3 Å². The van der Waals surface area contributed by atoms with Gasteiger partial charge in [-0.1, -0.05) is 60.7 Å². The van der Waals surface area contributed by atoms with Gasteiger partial charge in [-0.05, 0) is 29.3 Å². The summed E-state index contributed by atoms with van der Waals surface area (Å²) in [4.78, 5) is 18.5. The van der Waals surface area contributed by atoms with Crippen LogP contribution in [0.1, 0.15) is 34.7 Å². The molecule has 0 fully saturated rings. The Balaban J connectivity index is 1.39. The van der Waals surface area contributed by atoms with Gasteiger partial charge in [0.1, 0.15) is 19.0 Å². The van der Waals surface area contributed by atoms with Gasteiger partial charge >= 0.3 is 12.3 Å². The van der Waals surface area contributed by atoms with Crippen LogP contribution in [0, 0.1) is 0 Å². The van der Waals surface area contributed by atoms with Crippen molar-refractivity contribution in [3.63, 3.8) is 0 Å². The standard InChI is InChI=1S/C27H27F3N2O4/c28-27(29,30)22-11-12-25-23(17-22)24(13-16-34-25)31-14-15-32(36-19-21-9-5-2-6-10-21)26(33)35-18-20-7-3-1-4-8-20/h1-12,17,24,31H,13-16,18-19H2. The van der Waals surface area contributed by atoms with Crippen LogP contribution < -0.4 is 10.1 Å². The summed E-state index contributed by atoms with van der Waals surface area (Å²) in [7, 11) is 0. The molecule has 0 radical (unpaired) electrons. The molecule has 1 unspecified atom stereocenters. The van der Waals surface area contributed by atoms with Crippen LogP contribution in [-0.4, -0.2) is 30.9 Å². The lowest BCUT2D eigenvalue weighted by atomic mass is 9.98. The molecule has 0 aromatic heterocycles. The molecule has 0 spiro atoms. The minimum Gasteiger partial charge on any atom is -0.493 e. The number of rotatable bonds is 9. The first kappa shape index (κ1) is 25.5. The van der Waals surface area contributed by atoms with Gasteiger partial charge in [-0.3, -0.25) is 4.84 Å². The van der Waals surface area contributed by atoms with Gasteiger partial charge in [0, 0.05) is 24.6 Å². The minimum absolute atomic E-state index is 0.0891. The van der Waals surface area contributed by atoms with Crippen molar-refractivity contribution in [3.8, 4) is 5.75 Å². The minimum atomic E-state index is -4.44. The number of halogens is 3. The third-order valence-electron chi connectivity index (χ3n) is 5.72. The summed E-state index contributed by atoms with van der Waals surface area (Å²) in [6.07, 6.45) is -4.59. The molecule has 0 saturated carbocycles. The molecule has 0 saturated heterocycles. The number of nitrogens with zero attached hydrogens (tertiary/aromatic N) is 1. The second-order valence-electron chi connectivity index (χ2n) is 8.30. The highest BCUT2D eigenvalue weighted by Gasteiger charge is 2.33. The van der Waals surface area contributed by atoms with E-state index in [2.05, 4.69) is 5.32 Å². The number of carbonyl (C=O) groups excluding carboxylic acids is 1. The Kier molecular flexibility index (Phi) is 8.45. The highest BCUT2D eigenvalue weighted by atomic mass is 19.4. The van der Waals surface area contributed by atoms with E-state index in [1.807, 2.05) is 60.7 Å². The monoisotopic (exact) mass is 500 g/mol. The Morgan fingerprint density at radius 2 is 1.64 bits per heavy atom. The maximum atomic E-state index is 13.2. The summed E-state index contributed by atoms with van der Waals surface area (Å²) in [6.45, 7) is 1.03. The fraction of sp³-hybridized carbons (Fsp3) is 0.296. The molecule has 1 amide bonds. The number of amides is 1. The third-order valence-corrected chi connectivity index (χ3v) is 5.72. The molecular formula is C27H27F3N2O4. The SMILES string of the molecule is O=C(OCc1ccccc1)N(CCNC1CCOc2ccc(C(F)(F)F)cc21)OCc1ccccc1. The summed E-state index contributed by atoms with van der Waals surface area (Å²) in [5.41, 5.74) is 1.44. The summed E-state index contributed by atoms with van der Waals surface area (Å²) >= 11 is 0. The fourth-order valence-corrected chi connectivity index (χ4v) is 3.85. The first-order chi connectivity index (χ1) is 17.4. The predicted molar refractivity (Wildman–Crippen MR) is 127 cm³/mol. The molecule has 36 heavy (non-hydrogen) atoms. The summed E-state index contributed by atoms with van der Waals surface area (Å²) in [6, 6.07) is 21.8. The van der Waals surface area contributed by atoms with E-state index in [1.54, 1.807) is 0 Å². The normalized spacial score (nSPS) is 15.0. The topological polar surface area (TPSA) is 60.0 Å². The average molecular weight is 501 g/mol. The lowest BCUT2D eigenvalue weighted by Gasteiger charge is -2.29. The Labute approximate surface area is 207 Å². The Morgan fingerprint density at radius 1 is 0.972 bits per heavy atom. The first-order valence-corrected chi connectivity index (χ1v) is 11.6. The van der Waals surface area contributed by atoms with Crippen LogP contribution in [-0.2, 0) is 29.0 Å². The average Bonchev–Trinajstić information content (AvgIpc) is 2.89. The molecule has 6 nitrogen and oxygen atoms in total. The number of alkyl halides is 3. The van der Waals surface area contributed by atoms with E-state index in [0.29, 0.717) is 24.3 Å². The lowest BCUT2D eigenvalue weighted by molar-refractivity contribution is -0.146. The quantitative estimate of drug-likeness (QED) is 0.372. The van der Waals surface area contributed by atoms with Crippen LogP contribution in [0.4, 0.5) is 18.0 Å². The van der Waals surface area contributed by atoms with E-state index >= 15 is 0 Å². The van der Waals surface area contributed by atoms with Crippen molar-refractivity contribution >= 4 is 6.09 Å². The van der Waals surface area contributed by atoms with Crippen molar-refractivity contribution in [2.45, 2.75) is 31.9 Å². The van der Waals surface area contributed by atoms with E-state index in [9.17, 15) is 18.0 Å². The Bertz CT molecular complexity index is 1130. The molecule has 9 heteroatoms. The van der Waals surface area contributed by atoms with Crippen LogP contribution >= 0.6 is 0 Å². The molecule has 3 aromatic rings. The predicted octanol–water partition coefficient (Wildman–Crippen LogP) is 5.89. The lowest BCUT2D eigenvalue weighted by Crippen LogP contribution is -2.39. The van der Waals surface area contributed by atoms with E-state index in [-0.39, 0.29) is 32.3 Å². The van der Waals surface area contributed by atoms with Crippen molar-refractivity contribution in [2.75, 3.05) is 19.7 Å². The van der Waals surface area contributed by atoms with Gasteiger partial charge in [0.05, 0.1) is 18.7 Å². The Hall–Kier alpha value is -3.56. The van der Waals surface area contributed by atoms with E-state index in [0.717, 1.165) is 28.3 Å². The van der Waals surface area contributed by atoms with Crippen LogP contribution in [0.2, 0.25) is 0 Å². The number of nitrogens with one attached hydrogen (secondary N) is 1. The van der Waals surface area contributed by atoms with Gasteiger partial charge in [-0.25, -0.2) is 4.79 Å². The van der Waals surface area contributed by atoms with E-state index < -0.39 is 17.8 Å². The van der Waals surface area contributed by atoms with Crippen molar-refractivity contribution in [1.29, 1.82) is 0 Å². The molecule has 3 aromatic carbocycles. The number of benzene rings is 3. The molecule has 0 aliphatic carbocycles. The van der Waals surface area contributed by atoms with Crippen LogP contribution in [0.25, 0.3) is 0 Å². The molecule has 0 bridgehead atoms. The van der Waals surface area contributed by atoms with Gasteiger partial charge < -0.3 is 14.8 Å². The fourth-order valence-electron chi connectivity index (χ4n) is 3.85. The maximum Gasteiger partial charge on any atom is 0.434 e. The van der Waals surface area contributed by atoms with Crippen LogP contribution in [0.3, 0.4) is 0 Å². The summed E-state index contributed by atoms with van der Waals surface area (Å²) in [5.74, 6) is 0.422. The van der Waals surface area contributed by atoms with Crippen molar-refractivity contribution < 1.29 is 32.3 Å². The molecule has 1 atom stereocenters. The molecule has 190 valence electrons. The number of hydrogen-bond acceptors (Lipinski definition) is 5. The Morgan fingerprint density at radius 3 is 2.31 bits per heavy atom. The molecule has 1 heterocycles. The first-order valence-electron chi connectivity index (χ1n) is 11.6. The van der Waals surface area contributed by atoms with Crippen LogP contribution in [0.5, 0.6) is 5.75 Å². The zero-order chi connectivity index (χ0) is 25.4. The highest BCUT2D eigenvalue weighted by Crippen LogP contribution is 2.37. The highest BCUT2D eigenvalue weighted by molar-refractivity contribution is 5.66. The van der Waals surface area contributed by atoms with Crippen molar-refractivity contribution in [3.05, 3.63) is 101 Å². The number of hydrogen-bond donors (Lipinski definition) is 1. The molecule has 1 aliphatic rings. The largest absolute Gasteiger partial charge is 0.493 e. The van der Waals surface area contributed by atoms with E-state index in [1.165, 1.54) is 6.07 Å². The van der Waals surface area contributed by atoms with Crippen molar-refractivity contribution in [1.82, 2.24) is 10.4 Å². The number of carbonyl (C=O) groups is 1. The molecule has 1 N–H and O–H groups in total. The van der Waals surface area contributed by atoms with Gasteiger partial charge in [-0.15, -0.1) is 0 Å². The number of hydroxylamine groups is 2. The summed E-state index contributed by atoms with van der Waals surface area (Å²) < 4.78 is 50.6. The zero-order valence-electron chi connectivity index (χ0n) is 19.5. The molecule has 1 aliphatic heterocycles. The van der Waals surface area contributed by atoms with Crippen LogP contribution in [0.15, 0.2) is 78.9 Å². The second-order valence-corrected chi connectivity index (χ2v) is 8.30. The van der Waals surface area contributed by atoms with Gasteiger partial charge in [-0.2, -0.15) is 18.2 Å². The zero-order valence-corrected chi connectivity index (χ0v) is 19.5. The maximum absolute atomic E-state index is 13.2. The molecular weight excluding hydrogens is 473 g/mol. The number of ether oxygens (including phenoxy) is 2. The van der Waals surface area contributed by atoms with Crippen molar-refractivity contribution in [2.24, 2.45) is 0 Å². The van der Waals surface area contributed by atoms with Gasteiger partial charge in [0.2, 0.25) is 0 Å². The van der Waals surface area contributed by atoms with Gasteiger partial charge in [0.15, 0.2) is 0 Å². The smallest absolute Gasteiger partial charge is 0.434 e. The third kappa shape index (κ3) is 6.99.